The van der Waals surface area contributed by atoms with E-state index in [1.165, 1.54) is 6.07 Å². The Morgan fingerprint density at radius 1 is 1.21 bits per heavy atom. The van der Waals surface area contributed by atoms with Crippen LogP contribution in [0, 0.1) is 11.7 Å². The predicted molar refractivity (Wildman–Crippen MR) is 91.5 cm³/mol. The highest BCUT2D eigenvalue weighted by atomic mass is 19.1. The fraction of sp³-hybridized carbons (Fsp3) is 0.444. The lowest BCUT2D eigenvalue weighted by molar-refractivity contribution is -0.135. The first-order valence-corrected chi connectivity index (χ1v) is 8.51. The minimum Gasteiger partial charge on any atom is -0.367 e. The lowest BCUT2D eigenvalue weighted by Crippen LogP contribution is -2.50. The van der Waals surface area contributed by atoms with E-state index >= 15 is 0 Å². The Morgan fingerprint density at radius 3 is 2.79 bits per heavy atom. The molecule has 2 aromatic rings. The quantitative estimate of drug-likeness (QED) is 0.910. The first-order chi connectivity index (χ1) is 11.7. The van der Waals surface area contributed by atoms with Crippen LogP contribution < -0.4 is 10.2 Å². The van der Waals surface area contributed by atoms with Crippen molar-refractivity contribution < 1.29 is 9.18 Å². The Labute approximate surface area is 140 Å². The predicted octanol–water partition coefficient (Wildman–Crippen LogP) is 1.63. The Kier molecular flexibility index (Phi) is 4.06. The van der Waals surface area contributed by atoms with Gasteiger partial charge >= 0.3 is 0 Å². The van der Waals surface area contributed by atoms with Crippen molar-refractivity contribution in [2.45, 2.75) is 6.42 Å². The minimum atomic E-state index is -0.251. The summed E-state index contributed by atoms with van der Waals surface area (Å²) in [5.74, 6) is 0.150. The van der Waals surface area contributed by atoms with Crippen molar-refractivity contribution >= 4 is 22.5 Å². The SMILES string of the molecule is O=C(C1CCNC1)N1CCN(c2ccnc3ccc(F)cc23)CC1. The van der Waals surface area contributed by atoms with Gasteiger partial charge in [0.2, 0.25) is 5.91 Å². The van der Waals surface area contributed by atoms with E-state index in [2.05, 4.69) is 15.2 Å². The maximum absolute atomic E-state index is 13.6. The number of benzene rings is 1. The molecule has 2 fully saturated rings. The largest absolute Gasteiger partial charge is 0.367 e. The van der Waals surface area contributed by atoms with Gasteiger partial charge in [-0.3, -0.25) is 9.78 Å². The monoisotopic (exact) mass is 328 g/mol. The zero-order chi connectivity index (χ0) is 16.5. The summed E-state index contributed by atoms with van der Waals surface area (Å²) in [7, 11) is 0. The number of nitrogens with one attached hydrogen (secondary N) is 1. The average Bonchev–Trinajstić information content (AvgIpc) is 3.15. The standard InChI is InChI=1S/C18H21FN4O/c19-14-1-2-16-15(11-14)17(4-6-21-16)22-7-9-23(10-8-22)18(24)13-3-5-20-12-13/h1-2,4,6,11,13,20H,3,5,7-10,12H2. The summed E-state index contributed by atoms with van der Waals surface area (Å²) in [6.45, 7) is 4.70. The van der Waals surface area contributed by atoms with E-state index in [9.17, 15) is 9.18 Å². The van der Waals surface area contributed by atoms with Gasteiger partial charge in [0.1, 0.15) is 5.82 Å². The third kappa shape index (κ3) is 2.82. The van der Waals surface area contributed by atoms with E-state index in [1.807, 2.05) is 11.0 Å². The number of carbonyl (C=O) groups excluding carboxylic acids is 1. The van der Waals surface area contributed by atoms with Crippen molar-refractivity contribution in [3.05, 3.63) is 36.3 Å². The molecule has 4 rings (SSSR count). The summed E-state index contributed by atoms with van der Waals surface area (Å²) in [6.07, 6.45) is 2.70. The van der Waals surface area contributed by atoms with Gasteiger partial charge in [-0.05, 0) is 37.2 Å². The van der Waals surface area contributed by atoms with Crippen LogP contribution in [0.4, 0.5) is 10.1 Å². The number of halogens is 1. The van der Waals surface area contributed by atoms with Gasteiger partial charge in [0.25, 0.3) is 0 Å². The van der Waals surface area contributed by atoms with Crippen LogP contribution in [0.25, 0.3) is 10.9 Å². The number of nitrogens with zero attached hydrogens (tertiary/aromatic N) is 3. The molecule has 1 aromatic heterocycles. The van der Waals surface area contributed by atoms with Crippen molar-refractivity contribution in [3.63, 3.8) is 0 Å². The zero-order valence-electron chi connectivity index (χ0n) is 13.5. The molecule has 2 aliphatic heterocycles. The van der Waals surface area contributed by atoms with Crippen LogP contribution in [0.2, 0.25) is 0 Å². The summed E-state index contributed by atoms with van der Waals surface area (Å²) in [4.78, 5) is 21.0. The molecule has 0 spiro atoms. The summed E-state index contributed by atoms with van der Waals surface area (Å²) >= 11 is 0. The van der Waals surface area contributed by atoms with Gasteiger partial charge in [-0.25, -0.2) is 4.39 Å². The minimum absolute atomic E-state index is 0.132. The first-order valence-electron chi connectivity index (χ1n) is 8.51. The van der Waals surface area contributed by atoms with Crippen molar-refractivity contribution in [2.75, 3.05) is 44.2 Å². The van der Waals surface area contributed by atoms with Gasteiger partial charge in [-0.2, -0.15) is 0 Å². The summed E-state index contributed by atoms with van der Waals surface area (Å²) in [5.41, 5.74) is 1.79. The second-order valence-electron chi connectivity index (χ2n) is 6.49. The number of aromatic nitrogens is 1. The highest BCUT2D eigenvalue weighted by Gasteiger charge is 2.29. The summed E-state index contributed by atoms with van der Waals surface area (Å²) in [6, 6.07) is 6.62. The molecule has 0 radical (unpaired) electrons. The molecule has 1 unspecified atom stereocenters. The second-order valence-corrected chi connectivity index (χ2v) is 6.49. The molecule has 3 heterocycles. The first kappa shape index (κ1) is 15.3. The topological polar surface area (TPSA) is 48.5 Å². The molecule has 1 N–H and O–H groups in total. The maximum Gasteiger partial charge on any atom is 0.227 e. The molecular weight excluding hydrogens is 307 g/mol. The Hall–Kier alpha value is -2.21. The Bertz CT molecular complexity index is 752. The zero-order valence-corrected chi connectivity index (χ0v) is 13.5. The molecule has 1 aromatic carbocycles. The molecule has 2 aliphatic rings. The number of piperazine rings is 1. The van der Waals surface area contributed by atoms with E-state index in [-0.39, 0.29) is 17.6 Å². The van der Waals surface area contributed by atoms with Crippen LogP contribution in [0.5, 0.6) is 0 Å². The van der Waals surface area contributed by atoms with Gasteiger partial charge in [-0.1, -0.05) is 0 Å². The van der Waals surface area contributed by atoms with Crippen LogP contribution in [0.15, 0.2) is 30.5 Å². The van der Waals surface area contributed by atoms with E-state index < -0.39 is 0 Å². The molecular formula is C18H21FN4O. The molecule has 5 nitrogen and oxygen atoms in total. The molecule has 1 amide bonds. The molecule has 24 heavy (non-hydrogen) atoms. The Balaban J connectivity index is 1.50. The van der Waals surface area contributed by atoms with Crippen LogP contribution in [-0.2, 0) is 4.79 Å². The third-order valence-electron chi connectivity index (χ3n) is 5.02. The van der Waals surface area contributed by atoms with Crippen LogP contribution in [0.1, 0.15) is 6.42 Å². The van der Waals surface area contributed by atoms with E-state index in [1.54, 1.807) is 18.3 Å². The molecule has 1 atom stereocenters. The smallest absolute Gasteiger partial charge is 0.227 e. The number of amides is 1. The fourth-order valence-electron chi connectivity index (χ4n) is 3.67. The number of carbonyl (C=O) groups is 1. The van der Waals surface area contributed by atoms with Crippen molar-refractivity contribution in [1.82, 2.24) is 15.2 Å². The molecule has 126 valence electrons. The lowest BCUT2D eigenvalue weighted by Gasteiger charge is -2.37. The van der Waals surface area contributed by atoms with Crippen LogP contribution in [-0.4, -0.2) is 55.1 Å². The van der Waals surface area contributed by atoms with Crippen LogP contribution >= 0.6 is 0 Å². The van der Waals surface area contributed by atoms with Gasteiger partial charge < -0.3 is 15.1 Å². The second kappa shape index (κ2) is 6.36. The van der Waals surface area contributed by atoms with Crippen molar-refractivity contribution in [3.8, 4) is 0 Å². The number of hydrogen-bond donors (Lipinski definition) is 1. The number of rotatable bonds is 2. The van der Waals surface area contributed by atoms with Gasteiger partial charge in [0.15, 0.2) is 0 Å². The number of pyridine rings is 1. The Morgan fingerprint density at radius 2 is 2.04 bits per heavy atom. The molecule has 0 aliphatic carbocycles. The molecule has 0 saturated carbocycles. The number of hydrogen-bond acceptors (Lipinski definition) is 4. The van der Waals surface area contributed by atoms with Crippen LogP contribution in [0.3, 0.4) is 0 Å². The van der Waals surface area contributed by atoms with Gasteiger partial charge in [0, 0.05) is 50.0 Å². The van der Waals surface area contributed by atoms with E-state index in [0.717, 1.165) is 49.2 Å². The van der Waals surface area contributed by atoms with Gasteiger partial charge in [-0.15, -0.1) is 0 Å². The molecule has 2 saturated heterocycles. The maximum atomic E-state index is 13.6. The molecule has 0 bridgehead atoms. The lowest BCUT2D eigenvalue weighted by atomic mass is 10.1. The number of anilines is 1. The highest BCUT2D eigenvalue weighted by molar-refractivity contribution is 5.91. The number of fused-ring (bicyclic) bond motifs is 1. The van der Waals surface area contributed by atoms with E-state index in [0.29, 0.717) is 13.1 Å². The highest BCUT2D eigenvalue weighted by Crippen LogP contribution is 2.27. The van der Waals surface area contributed by atoms with Crippen molar-refractivity contribution in [2.24, 2.45) is 5.92 Å². The van der Waals surface area contributed by atoms with Crippen molar-refractivity contribution in [1.29, 1.82) is 0 Å². The summed E-state index contributed by atoms with van der Waals surface area (Å²) in [5, 5.41) is 4.08. The normalized spacial score (nSPS) is 21.5. The van der Waals surface area contributed by atoms with Gasteiger partial charge in [0.05, 0.1) is 11.4 Å². The summed E-state index contributed by atoms with van der Waals surface area (Å²) < 4.78 is 13.6. The fourth-order valence-corrected chi connectivity index (χ4v) is 3.67. The van der Waals surface area contributed by atoms with E-state index in [4.69, 9.17) is 0 Å². The third-order valence-corrected chi connectivity index (χ3v) is 5.02. The molecule has 6 heteroatoms. The average molecular weight is 328 g/mol.